The molecule has 1 heterocycles. The van der Waals surface area contributed by atoms with Gasteiger partial charge in [-0.05, 0) is 11.6 Å². The molecule has 1 rings (SSSR count). The Balaban J connectivity index is 2.76. The van der Waals surface area contributed by atoms with Gasteiger partial charge in [0, 0.05) is 17.6 Å². The Morgan fingerprint density at radius 2 is 2.33 bits per heavy atom. The highest BCUT2D eigenvalue weighted by Gasteiger charge is 2.16. The summed E-state index contributed by atoms with van der Waals surface area (Å²) in [5.41, 5.74) is 6.24. The lowest BCUT2D eigenvalue weighted by Gasteiger charge is -2.09. The van der Waals surface area contributed by atoms with Crippen LogP contribution in [0.15, 0.2) is 12.3 Å². The van der Waals surface area contributed by atoms with E-state index in [1.165, 1.54) is 19.4 Å². The molecule has 1 aromatic heterocycles. The highest BCUT2D eigenvalue weighted by atomic mass is 35.5. The Labute approximate surface area is 97.3 Å². The average Bonchev–Trinajstić information content (AvgIpc) is 2.20. The van der Waals surface area contributed by atoms with E-state index < -0.39 is 12.0 Å². The number of carbonyl (C=O) groups is 1. The van der Waals surface area contributed by atoms with Crippen LogP contribution >= 0.6 is 23.2 Å². The van der Waals surface area contributed by atoms with Crippen molar-refractivity contribution in [2.45, 2.75) is 12.5 Å². The summed E-state index contributed by atoms with van der Waals surface area (Å²) in [6.45, 7) is 0. The molecule has 0 saturated carbocycles. The molecule has 1 atom stereocenters. The van der Waals surface area contributed by atoms with Crippen LogP contribution in [0.3, 0.4) is 0 Å². The van der Waals surface area contributed by atoms with E-state index in [2.05, 4.69) is 9.72 Å². The van der Waals surface area contributed by atoms with Gasteiger partial charge in [-0.3, -0.25) is 4.79 Å². The molecule has 0 radical (unpaired) electrons. The molecular weight excluding hydrogens is 239 g/mol. The number of halogens is 2. The lowest BCUT2D eigenvalue weighted by molar-refractivity contribution is -0.142. The quantitative estimate of drug-likeness (QED) is 0.650. The molecule has 82 valence electrons. The summed E-state index contributed by atoms with van der Waals surface area (Å²) in [4.78, 5) is 14.9. The van der Waals surface area contributed by atoms with Crippen LogP contribution in [0.2, 0.25) is 10.2 Å². The second kappa shape index (κ2) is 5.30. The smallest absolute Gasteiger partial charge is 0.322 e. The molecule has 15 heavy (non-hydrogen) atoms. The minimum absolute atomic E-state index is 0.273. The van der Waals surface area contributed by atoms with E-state index in [0.717, 1.165) is 0 Å². The van der Waals surface area contributed by atoms with Gasteiger partial charge >= 0.3 is 5.97 Å². The van der Waals surface area contributed by atoms with Crippen LogP contribution in [0.4, 0.5) is 0 Å². The van der Waals surface area contributed by atoms with Crippen molar-refractivity contribution in [3.05, 3.63) is 28.0 Å². The Morgan fingerprint density at radius 3 is 2.87 bits per heavy atom. The first kappa shape index (κ1) is 12.2. The van der Waals surface area contributed by atoms with E-state index >= 15 is 0 Å². The van der Waals surface area contributed by atoms with Gasteiger partial charge in [0.15, 0.2) is 0 Å². The topological polar surface area (TPSA) is 65.2 Å². The summed E-state index contributed by atoms with van der Waals surface area (Å²) >= 11 is 11.5. The monoisotopic (exact) mass is 248 g/mol. The third-order valence-corrected chi connectivity index (χ3v) is 2.40. The van der Waals surface area contributed by atoms with Crippen molar-refractivity contribution < 1.29 is 9.53 Å². The highest BCUT2D eigenvalue weighted by Crippen LogP contribution is 2.19. The molecule has 0 unspecified atom stereocenters. The molecule has 0 aliphatic heterocycles. The number of rotatable bonds is 3. The molecule has 4 nitrogen and oxygen atoms in total. The van der Waals surface area contributed by atoms with Gasteiger partial charge in [0.05, 0.1) is 7.11 Å². The molecule has 0 aliphatic carbocycles. The number of hydrogen-bond acceptors (Lipinski definition) is 4. The summed E-state index contributed by atoms with van der Waals surface area (Å²) in [7, 11) is 1.28. The van der Waals surface area contributed by atoms with Gasteiger partial charge in [0.25, 0.3) is 0 Å². The number of hydrogen-bond donors (Lipinski definition) is 1. The Hall–Kier alpha value is -0.840. The van der Waals surface area contributed by atoms with Gasteiger partial charge in [0.1, 0.15) is 11.2 Å². The molecule has 0 bridgehead atoms. The van der Waals surface area contributed by atoms with Crippen molar-refractivity contribution in [3.63, 3.8) is 0 Å². The van der Waals surface area contributed by atoms with Gasteiger partial charge in [-0.25, -0.2) is 4.98 Å². The third kappa shape index (κ3) is 3.34. The molecule has 0 spiro atoms. The summed E-state index contributed by atoms with van der Waals surface area (Å²) < 4.78 is 4.49. The number of nitrogens with two attached hydrogens (primary N) is 1. The van der Waals surface area contributed by atoms with E-state index in [1.54, 1.807) is 0 Å². The fourth-order valence-corrected chi connectivity index (χ4v) is 1.50. The second-order valence-corrected chi connectivity index (χ2v) is 3.73. The minimum Gasteiger partial charge on any atom is -0.468 e. The van der Waals surface area contributed by atoms with Gasteiger partial charge in [-0.15, -0.1) is 0 Å². The van der Waals surface area contributed by atoms with Crippen LogP contribution in [0, 0.1) is 0 Å². The largest absolute Gasteiger partial charge is 0.468 e. The number of methoxy groups -OCH3 is 1. The number of esters is 1. The predicted octanol–water partition coefficient (Wildman–Crippen LogP) is 1.43. The maximum atomic E-state index is 11.1. The van der Waals surface area contributed by atoms with Crippen molar-refractivity contribution >= 4 is 29.2 Å². The van der Waals surface area contributed by atoms with E-state index in [9.17, 15) is 4.79 Å². The zero-order valence-electron chi connectivity index (χ0n) is 8.04. The molecule has 1 aromatic rings. The average molecular weight is 249 g/mol. The zero-order valence-corrected chi connectivity index (χ0v) is 9.55. The minimum atomic E-state index is -0.740. The lowest BCUT2D eigenvalue weighted by atomic mass is 10.1. The maximum Gasteiger partial charge on any atom is 0.322 e. The van der Waals surface area contributed by atoms with Crippen LogP contribution in [0.1, 0.15) is 5.56 Å². The molecule has 0 amide bonds. The highest BCUT2D eigenvalue weighted by molar-refractivity contribution is 6.34. The van der Waals surface area contributed by atoms with Crippen LogP contribution < -0.4 is 5.73 Å². The van der Waals surface area contributed by atoms with Crippen molar-refractivity contribution in [2.75, 3.05) is 7.11 Å². The van der Waals surface area contributed by atoms with Crippen LogP contribution in [-0.2, 0) is 16.0 Å². The lowest BCUT2D eigenvalue weighted by Crippen LogP contribution is -2.33. The van der Waals surface area contributed by atoms with Gasteiger partial charge in [0.2, 0.25) is 0 Å². The van der Waals surface area contributed by atoms with Crippen LogP contribution in [-0.4, -0.2) is 24.1 Å². The molecule has 0 aliphatic rings. The third-order valence-electron chi connectivity index (χ3n) is 1.84. The number of nitrogens with zero attached hydrogens (tertiary/aromatic N) is 1. The summed E-state index contributed by atoms with van der Waals surface area (Å²) in [6, 6.07) is 0.762. The van der Waals surface area contributed by atoms with Crippen molar-refractivity contribution in [1.29, 1.82) is 0 Å². The number of aromatic nitrogens is 1. The fourth-order valence-electron chi connectivity index (χ4n) is 1.06. The standard InChI is InChI=1S/C9H10Cl2N2O2/c1-15-9(14)7(12)2-5-4-13-8(11)3-6(5)10/h3-4,7H,2,12H2,1H3/t7-/m1/s1. The summed E-state index contributed by atoms with van der Waals surface area (Å²) in [6.07, 6.45) is 1.77. The van der Waals surface area contributed by atoms with Crippen molar-refractivity contribution in [2.24, 2.45) is 5.73 Å². The second-order valence-electron chi connectivity index (χ2n) is 2.93. The van der Waals surface area contributed by atoms with E-state index in [1.807, 2.05) is 0 Å². The normalized spacial score (nSPS) is 12.3. The first-order chi connectivity index (χ1) is 7.04. The molecule has 0 aromatic carbocycles. The Kier molecular flexibility index (Phi) is 4.32. The molecule has 2 N–H and O–H groups in total. The Bertz CT molecular complexity index is 371. The fraction of sp³-hybridized carbons (Fsp3) is 0.333. The summed E-state index contributed by atoms with van der Waals surface area (Å²) in [5, 5.41) is 0.741. The van der Waals surface area contributed by atoms with Gasteiger partial charge < -0.3 is 10.5 Å². The van der Waals surface area contributed by atoms with Crippen molar-refractivity contribution in [3.8, 4) is 0 Å². The van der Waals surface area contributed by atoms with E-state index in [0.29, 0.717) is 15.7 Å². The molecule has 0 saturated heterocycles. The molecule has 6 heteroatoms. The number of pyridine rings is 1. The Morgan fingerprint density at radius 1 is 1.67 bits per heavy atom. The van der Waals surface area contributed by atoms with Crippen molar-refractivity contribution in [1.82, 2.24) is 4.98 Å². The first-order valence-electron chi connectivity index (χ1n) is 4.18. The number of ether oxygens (including phenoxy) is 1. The number of carbonyl (C=O) groups excluding carboxylic acids is 1. The van der Waals surface area contributed by atoms with Gasteiger partial charge in [-0.1, -0.05) is 23.2 Å². The van der Waals surface area contributed by atoms with E-state index in [4.69, 9.17) is 28.9 Å². The maximum absolute atomic E-state index is 11.1. The summed E-state index contributed by atoms with van der Waals surface area (Å²) in [5.74, 6) is -0.485. The zero-order chi connectivity index (χ0) is 11.4. The first-order valence-corrected chi connectivity index (χ1v) is 4.93. The van der Waals surface area contributed by atoms with Gasteiger partial charge in [-0.2, -0.15) is 0 Å². The van der Waals surface area contributed by atoms with E-state index in [-0.39, 0.29) is 6.42 Å². The molecular formula is C9H10Cl2N2O2. The molecule has 0 fully saturated rings. The van der Waals surface area contributed by atoms with Crippen LogP contribution in [0.25, 0.3) is 0 Å². The predicted molar refractivity (Wildman–Crippen MR) is 58.0 cm³/mol. The SMILES string of the molecule is COC(=O)[C@H](N)Cc1cnc(Cl)cc1Cl. The van der Waals surface area contributed by atoms with Crippen LogP contribution in [0.5, 0.6) is 0 Å².